The number of esters is 2. The quantitative estimate of drug-likeness (QED) is 0.0998. The summed E-state index contributed by atoms with van der Waals surface area (Å²) in [7, 11) is 0. The molecule has 0 heterocycles. The summed E-state index contributed by atoms with van der Waals surface area (Å²) in [6.45, 7) is -0.273. The van der Waals surface area contributed by atoms with Crippen LogP contribution in [0.4, 0.5) is 22.7 Å². The second-order valence-corrected chi connectivity index (χ2v) is 15.9. The Morgan fingerprint density at radius 1 is 0.529 bits per heavy atom. The Balaban J connectivity index is 0.000000543. The van der Waals surface area contributed by atoms with E-state index in [4.69, 9.17) is 15.3 Å². The van der Waals surface area contributed by atoms with Gasteiger partial charge < -0.3 is 51.2 Å². The van der Waals surface area contributed by atoms with E-state index < -0.39 is 68.0 Å². The van der Waals surface area contributed by atoms with Gasteiger partial charge in [0.15, 0.2) is 13.2 Å². The third-order valence-corrected chi connectivity index (χ3v) is 12.6. The molecule has 0 spiro atoms. The van der Waals surface area contributed by atoms with E-state index in [1.165, 1.54) is 13.8 Å². The molecule has 0 radical (unpaired) electrons. The number of aliphatic hydroxyl groups is 3. The van der Waals surface area contributed by atoms with Crippen molar-refractivity contribution in [3.8, 4) is 0 Å². The highest BCUT2D eigenvalue weighted by atomic mass is 127. The highest BCUT2D eigenvalue weighted by Crippen LogP contribution is 2.40. The summed E-state index contributed by atoms with van der Waals surface area (Å²) in [6.07, 6.45) is -0.00328. The molecule has 0 saturated heterocycles. The molecule has 0 aliphatic heterocycles. The van der Waals surface area contributed by atoms with Crippen LogP contribution in [0.15, 0.2) is 0 Å². The number of aliphatic carboxylic acids is 1. The Morgan fingerprint density at radius 2 is 0.843 bits per heavy atom. The first kappa shape index (κ1) is 48.0. The van der Waals surface area contributed by atoms with E-state index in [9.17, 15) is 38.7 Å². The minimum Gasteiger partial charge on any atom is -0.481 e. The Bertz CT molecular complexity index is 1600. The van der Waals surface area contributed by atoms with E-state index in [0.717, 1.165) is 0 Å². The molecule has 0 aliphatic rings. The fraction of sp³-hybridized carbons (Fsp3) is 0.321. The number of halogens is 6. The molecule has 2 aromatic carbocycles. The van der Waals surface area contributed by atoms with Crippen LogP contribution in [-0.4, -0.2) is 88.4 Å². The van der Waals surface area contributed by atoms with Crippen molar-refractivity contribution in [3.05, 3.63) is 32.5 Å². The molecule has 280 valence electrons. The number of ether oxygens (including phenoxy) is 2. The number of hydrogen-bond acceptors (Lipinski definition) is 12. The maximum atomic E-state index is 12.2. The van der Waals surface area contributed by atoms with Gasteiger partial charge in [-0.1, -0.05) is 0 Å². The van der Waals surface area contributed by atoms with Gasteiger partial charge in [-0.15, -0.1) is 0 Å². The van der Waals surface area contributed by atoms with E-state index in [2.05, 4.69) is 30.7 Å². The molecule has 8 N–H and O–H groups in total. The van der Waals surface area contributed by atoms with Crippen LogP contribution in [0.5, 0.6) is 0 Å². The second kappa shape index (κ2) is 23.7. The zero-order chi connectivity index (χ0) is 39.2. The normalized spacial score (nSPS) is 10.3. The smallest absolute Gasteiger partial charge is 0.303 e. The van der Waals surface area contributed by atoms with Crippen LogP contribution in [0, 0.1) is 21.4 Å². The lowest BCUT2D eigenvalue weighted by Crippen LogP contribution is -2.24. The Labute approximate surface area is 372 Å². The van der Waals surface area contributed by atoms with Gasteiger partial charge in [0.1, 0.15) is 13.2 Å². The first-order valence-electron chi connectivity index (χ1n) is 13.7. The molecule has 4 amide bonds. The molecular formula is C28H28I6N4O13. The SMILES string of the molecule is CC(=O)OCC(=O)Nc1c(I)c(CCC(=O)O)c(I)c(NC(=O)COC(C)=O)c1I.O=C(CO)Nc1c(I)c(CO)c(I)c(NC(=O)CO)c1I. The first-order valence-corrected chi connectivity index (χ1v) is 20.2. The van der Waals surface area contributed by atoms with Crippen molar-refractivity contribution in [2.75, 3.05) is 47.7 Å². The maximum Gasteiger partial charge on any atom is 0.303 e. The number of aliphatic hydroxyl groups excluding tert-OH is 3. The van der Waals surface area contributed by atoms with Gasteiger partial charge in [-0.25, -0.2) is 0 Å². The number of anilines is 4. The average Bonchev–Trinajstić information content (AvgIpc) is 3.07. The van der Waals surface area contributed by atoms with E-state index in [-0.39, 0.29) is 19.4 Å². The summed E-state index contributed by atoms with van der Waals surface area (Å²) in [4.78, 5) is 80.0. The molecule has 0 aromatic heterocycles. The number of benzene rings is 2. The van der Waals surface area contributed by atoms with Crippen LogP contribution in [0.1, 0.15) is 31.4 Å². The molecular weight excluding hydrogens is 1360 g/mol. The highest BCUT2D eigenvalue weighted by Gasteiger charge is 2.24. The van der Waals surface area contributed by atoms with E-state index in [1.807, 2.05) is 136 Å². The van der Waals surface area contributed by atoms with Crippen LogP contribution in [-0.2, 0) is 56.1 Å². The Hall–Kier alpha value is -1.01. The number of carbonyl (C=O) groups excluding carboxylic acids is 6. The van der Waals surface area contributed by atoms with Crippen molar-refractivity contribution in [1.82, 2.24) is 0 Å². The lowest BCUT2D eigenvalue weighted by molar-refractivity contribution is -0.145. The van der Waals surface area contributed by atoms with E-state index in [0.29, 0.717) is 55.3 Å². The molecule has 17 nitrogen and oxygen atoms in total. The van der Waals surface area contributed by atoms with Crippen molar-refractivity contribution < 1.29 is 63.5 Å². The summed E-state index contributed by atoms with van der Waals surface area (Å²) in [6, 6.07) is 0. The lowest BCUT2D eigenvalue weighted by atomic mass is 10.1. The first-order chi connectivity index (χ1) is 23.8. The molecule has 0 saturated carbocycles. The molecule has 0 fully saturated rings. The predicted molar refractivity (Wildman–Crippen MR) is 233 cm³/mol. The monoisotopic (exact) mass is 1390 g/mol. The zero-order valence-electron chi connectivity index (χ0n) is 26.2. The van der Waals surface area contributed by atoms with Crippen LogP contribution < -0.4 is 21.3 Å². The molecule has 2 aromatic rings. The number of rotatable bonds is 14. The minimum atomic E-state index is -0.999. The number of carbonyl (C=O) groups is 7. The van der Waals surface area contributed by atoms with Gasteiger partial charge in [0.2, 0.25) is 11.8 Å². The molecule has 23 heteroatoms. The van der Waals surface area contributed by atoms with Crippen LogP contribution in [0.25, 0.3) is 0 Å². The molecule has 0 bridgehead atoms. The summed E-state index contributed by atoms with van der Waals surface area (Å²) in [5.41, 5.74) is 2.64. The Kier molecular flexibility index (Phi) is 22.3. The van der Waals surface area contributed by atoms with Gasteiger partial charge in [-0.2, -0.15) is 0 Å². The second-order valence-electron chi connectivity index (χ2n) is 9.46. The topological polar surface area (TPSA) is 267 Å². The molecule has 0 aliphatic carbocycles. The third kappa shape index (κ3) is 15.3. The van der Waals surface area contributed by atoms with Crippen LogP contribution in [0.2, 0.25) is 0 Å². The molecule has 2 rings (SSSR count). The standard InChI is InChI=1S/C17H17I3N2O8.C11H11I3N2O5/c1-7(23)29-5-10(25)21-16-13(18)9(3-4-12(27)28)14(19)17(15(16)20)22-11(26)6-30-8(2)24;12-7-4(1-17)8(13)11(16-6(21)3-19)9(14)10(7)15-5(20)2-18/h3-6H2,1-2H3,(H,21,25)(H,22,26)(H,27,28);17-19H,1-3H2,(H,15,20)(H,16,21). The highest BCUT2D eigenvalue weighted by molar-refractivity contribution is 14.1. The Morgan fingerprint density at radius 3 is 1.12 bits per heavy atom. The number of carboxylic acid groups (broad SMARTS) is 1. The predicted octanol–water partition coefficient (Wildman–Crippen LogP) is 3.38. The molecule has 0 atom stereocenters. The van der Waals surface area contributed by atoms with Crippen molar-refractivity contribution in [2.24, 2.45) is 0 Å². The van der Waals surface area contributed by atoms with Gasteiger partial charge in [0, 0.05) is 40.1 Å². The van der Waals surface area contributed by atoms with Gasteiger partial charge in [-0.05, 0) is 148 Å². The van der Waals surface area contributed by atoms with Crippen molar-refractivity contribution in [2.45, 2.75) is 33.3 Å². The van der Waals surface area contributed by atoms with E-state index in [1.54, 1.807) is 0 Å². The van der Waals surface area contributed by atoms with Gasteiger partial charge in [0.25, 0.3) is 11.8 Å². The van der Waals surface area contributed by atoms with Gasteiger partial charge in [-0.3, -0.25) is 33.6 Å². The fourth-order valence-electron chi connectivity index (χ4n) is 3.50. The van der Waals surface area contributed by atoms with Crippen molar-refractivity contribution in [3.63, 3.8) is 0 Å². The van der Waals surface area contributed by atoms with Crippen LogP contribution in [0.3, 0.4) is 0 Å². The summed E-state index contributed by atoms with van der Waals surface area (Å²) in [5.74, 6) is -4.62. The van der Waals surface area contributed by atoms with E-state index >= 15 is 0 Å². The fourth-order valence-corrected chi connectivity index (χ4v) is 11.8. The third-order valence-electron chi connectivity index (χ3n) is 5.72. The molecule has 0 unspecified atom stereocenters. The number of nitrogens with one attached hydrogen (secondary N) is 4. The summed E-state index contributed by atoms with van der Waals surface area (Å²) < 4.78 is 12.8. The molecule has 51 heavy (non-hydrogen) atoms. The van der Waals surface area contributed by atoms with Crippen LogP contribution >= 0.6 is 136 Å². The minimum absolute atomic E-state index is 0.155. The summed E-state index contributed by atoms with van der Waals surface area (Å²) >= 11 is 11.8. The number of hydrogen-bond donors (Lipinski definition) is 8. The van der Waals surface area contributed by atoms with Gasteiger partial charge in [0.05, 0.1) is 36.5 Å². The van der Waals surface area contributed by atoms with Gasteiger partial charge >= 0.3 is 17.9 Å². The maximum absolute atomic E-state index is 12.2. The average molecular weight is 1390 g/mol. The summed E-state index contributed by atoms with van der Waals surface area (Å²) in [5, 5.41) is 46.5. The number of amides is 4. The number of carboxylic acids is 1. The van der Waals surface area contributed by atoms with Crippen molar-refractivity contribution >= 4 is 200 Å². The zero-order valence-corrected chi connectivity index (χ0v) is 39.1. The van der Waals surface area contributed by atoms with Crippen molar-refractivity contribution in [1.29, 1.82) is 0 Å². The largest absolute Gasteiger partial charge is 0.481 e. The lowest BCUT2D eigenvalue weighted by Gasteiger charge is -2.20.